The molecule has 1 rings (SSSR count). The Kier molecular flexibility index (Phi) is 5.25. The van der Waals surface area contributed by atoms with Gasteiger partial charge in [0.05, 0.1) is 15.7 Å². The highest BCUT2D eigenvalue weighted by Gasteiger charge is 2.07. The number of carbonyl (C=O) groups excluding carboxylic acids is 2. The van der Waals surface area contributed by atoms with E-state index >= 15 is 0 Å². The van der Waals surface area contributed by atoms with Crippen molar-refractivity contribution in [2.75, 3.05) is 11.9 Å². The molecule has 0 saturated carbocycles. The molecule has 0 aromatic heterocycles. The minimum Gasteiger partial charge on any atom is -0.337 e. The number of hydrogen-bond acceptors (Lipinski definition) is 2. The number of benzene rings is 1. The van der Waals surface area contributed by atoms with Crippen LogP contribution < -0.4 is 10.6 Å². The monoisotopic (exact) mass is 274 g/mol. The maximum Gasteiger partial charge on any atom is 0.319 e. The fourth-order valence-corrected chi connectivity index (χ4v) is 1.47. The van der Waals surface area contributed by atoms with E-state index in [2.05, 4.69) is 10.6 Å². The summed E-state index contributed by atoms with van der Waals surface area (Å²) < 4.78 is 0. The summed E-state index contributed by atoms with van der Waals surface area (Å²) in [7, 11) is 0. The zero-order valence-corrected chi connectivity index (χ0v) is 10.7. The highest BCUT2D eigenvalue weighted by atomic mass is 35.5. The molecule has 2 amide bonds. The minimum absolute atomic E-state index is 0.0195. The second kappa shape index (κ2) is 6.47. The molecular formula is C11H12Cl2N2O2. The molecule has 0 aliphatic carbocycles. The van der Waals surface area contributed by atoms with Gasteiger partial charge in [-0.15, -0.1) is 0 Å². The molecule has 0 fully saturated rings. The van der Waals surface area contributed by atoms with Crippen molar-refractivity contribution in [3.63, 3.8) is 0 Å². The zero-order chi connectivity index (χ0) is 12.8. The molecule has 1 aromatic carbocycles. The third-order valence-corrected chi connectivity index (χ3v) is 2.78. The fraction of sp³-hybridized carbons (Fsp3) is 0.273. The van der Waals surface area contributed by atoms with Crippen LogP contribution in [0.4, 0.5) is 10.5 Å². The van der Waals surface area contributed by atoms with E-state index in [0.29, 0.717) is 23.7 Å². The molecule has 1 aromatic rings. The number of amides is 2. The van der Waals surface area contributed by atoms with E-state index in [1.165, 1.54) is 6.92 Å². The van der Waals surface area contributed by atoms with Gasteiger partial charge in [0.2, 0.25) is 0 Å². The predicted molar refractivity (Wildman–Crippen MR) is 68.8 cm³/mol. The van der Waals surface area contributed by atoms with Gasteiger partial charge >= 0.3 is 6.03 Å². The second-order valence-electron chi connectivity index (χ2n) is 3.43. The number of carbonyl (C=O) groups is 2. The lowest BCUT2D eigenvalue weighted by atomic mass is 10.3. The van der Waals surface area contributed by atoms with Gasteiger partial charge in [-0.3, -0.25) is 4.79 Å². The van der Waals surface area contributed by atoms with Crippen molar-refractivity contribution in [2.24, 2.45) is 0 Å². The number of ketones is 1. The molecular weight excluding hydrogens is 263 g/mol. The van der Waals surface area contributed by atoms with Gasteiger partial charge in [0.1, 0.15) is 5.78 Å². The van der Waals surface area contributed by atoms with Gasteiger partial charge in [0.25, 0.3) is 0 Å². The van der Waals surface area contributed by atoms with Crippen molar-refractivity contribution in [2.45, 2.75) is 13.3 Å². The Bertz CT molecular complexity index is 435. The molecule has 0 unspecified atom stereocenters. The Morgan fingerprint density at radius 3 is 2.65 bits per heavy atom. The van der Waals surface area contributed by atoms with E-state index in [1.807, 2.05) is 0 Å². The summed E-state index contributed by atoms with van der Waals surface area (Å²) in [4.78, 5) is 22.1. The molecule has 0 aliphatic heterocycles. The highest BCUT2D eigenvalue weighted by Crippen LogP contribution is 2.29. The van der Waals surface area contributed by atoms with Crippen LogP contribution in [0.15, 0.2) is 18.2 Å². The molecule has 0 heterocycles. The first-order chi connectivity index (χ1) is 8.00. The first-order valence-corrected chi connectivity index (χ1v) is 5.74. The van der Waals surface area contributed by atoms with E-state index in [4.69, 9.17) is 23.2 Å². The second-order valence-corrected chi connectivity index (χ2v) is 4.22. The molecule has 92 valence electrons. The highest BCUT2D eigenvalue weighted by molar-refractivity contribution is 6.43. The average Bonchev–Trinajstić information content (AvgIpc) is 2.24. The number of rotatable bonds is 4. The number of nitrogens with one attached hydrogen (secondary N) is 2. The Morgan fingerprint density at radius 1 is 1.29 bits per heavy atom. The van der Waals surface area contributed by atoms with E-state index in [-0.39, 0.29) is 10.8 Å². The number of hydrogen-bond donors (Lipinski definition) is 2. The lowest BCUT2D eigenvalue weighted by Gasteiger charge is -2.09. The van der Waals surface area contributed by atoms with Crippen molar-refractivity contribution in [3.05, 3.63) is 28.2 Å². The first kappa shape index (κ1) is 13.8. The average molecular weight is 275 g/mol. The van der Waals surface area contributed by atoms with Gasteiger partial charge in [-0.1, -0.05) is 29.3 Å². The Labute approximate surface area is 109 Å². The standard InChI is InChI=1S/C11H12Cl2N2O2/c1-7(16)5-6-14-11(17)15-9-4-2-3-8(12)10(9)13/h2-4H,5-6H2,1H3,(H2,14,15,17). The van der Waals surface area contributed by atoms with E-state index in [9.17, 15) is 9.59 Å². The summed E-state index contributed by atoms with van der Waals surface area (Å²) in [5.41, 5.74) is 0.430. The van der Waals surface area contributed by atoms with Crippen LogP contribution in [0.2, 0.25) is 10.0 Å². The summed E-state index contributed by atoms with van der Waals surface area (Å²) in [6, 6.07) is 4.52. The first-order valence-electron chi connectivity index (χ1n) is 4.99. The number of anilines is 1. The van der Waals surface area contributed by atoms with Crippen LogP contribution in [0, 0.1) is 0 Å². The summed E-state index contributed by atoms with van der Waals surface area (Å²) in [5.74, 6) is 0.0195. The van der Waals surface area contributed by atoms with Gasteiger partial charge in [-0.2, -0.15) is 0 Å². The molecule has 0 atom stereocenters. The van der Waals surface area contributed by atoms with Gasteiger partial charge in [-0.25, -0.2) is 4.79 Å². The summed E-state index contributed by atoms with van der Waals surface area (Å²) in [5, 5.41) is 5.74. The summed E-state index contributed by atoms with van der Waals surface area (Å²) in [6.45, 7) is 1.76. The molecule has 17 heavy (non-hydrogen) atoms. The smallest absolute Gasteiger partial charge is 0.319 e. The van der Waals surface area contributed by atoms with Crippen molar-refractivity contribution in [1.29, 1.82) is 0 Å². The fourth-order valence-electron chi connectivity index (χ4n) is 1.12. The molecule has 0 radical (unpaired) electrons. The van der Waals surface area contributed by atoms with Gasteiger partial charge in [0.15, 0.2) is 0 Å². The van der Waals surface area contributed by atoms with Gasteiger partial charge in [0, 0.05) is 13.0 Å². The summed E-state index contributed by atoms with van der Waals surface area (Å²) in [6.07, 6.45) is 0.302. The third kappa shape index (κ3) is 4.63. The predicted octanol–water partition coefficient (Wildman–Crippen LogP) is 3.09. The Balaban J connectivity index is 2.51. The topological polar surface area (TPSA) is 58.2 Å². The van der Waals surface area contributed by atoms with Crippen LogP contribution in [-0.2, 0) is 4.79 Å². The Morgan fingerprint density at radius 2 is 2.00 bits per heavy atom. The molecule has 6 heteroatoms. The molecule has 0 bridgehead atoms. The zero-order valence-electron chi connectivity index (χ0n) is 9.22. The number of Topliss-reactive ketones (excluding diaryl/α,β-unsaturated/α-hetero) is 1. The van der Waals surface area contributed by atoms with Crippen LogP contribution in [0.5, 0.6) is 0 Å². The maximum absolute atomic E-state index is 11.4. The normalized spacial score (nSPS) is 9.82. The molecule has 0 aliphatic rings. The van der Waals surface area contributed by atoms with Crippen molar-refractivity contribution in [3.8, 4) is 0 Å². The molecule has 0 saturated heterocycles. The molecule has 2 N–H and O–H groups in total. The molecule has 0 spiro atoms. The SMILES string of the molecule is CC(=O)CCNC(=O)Nc1cccc(Cl)c1Cl. The Hall–Kier alpha value is -1.26. The van der Waals surface area contributed by atoms with E-state index in [0.717, 1.165) is 0 Å². The minimum atomic E-state index is -0.421. The van der Waals surface area contributed by atoms with Gasteiger partial charge < -0.3 is 10.6 Å². The van der Waals surface area contributed by atoms with Crippen LogP contribution in [0.3, 0.4) is 0 Å². The van der Waals surface area contributed by atoms with Crippen LogP contribution in [-0.4, -0.2) is 18.4 Å². The van der Waals surface area contributed by atoms with Crippen molar-refractivity contribution in [1.82, 2.24) is 5.32 Å². The number of halogens is 2. The van der Waals surface area contributed by atoms with Crippen LogP contribution in [0.25, 0.3) is 0 Å². The van der Waals surface area contributed by atoms with E-state index in [1.54, 1.807) is 18.2 Å². The van der Waals surface area contributed by atoms with E-state index < -0.39 is 6.03 Å². The maximum atomic E-state index is 11.4. The number of urea groups is 1. The molecule has 4 nitrogen and oxygen atoms in total. The summed E-state index contributed by atoms with van der Waals surface area (Å²) >= 11 is 11.7. The lowest BCUT2D eigenvalue weighted by Crippen LogP contribution is -2.30. The van der Waals surface area contributed by atoms with Crippen molar-refractivity contribution >= 4 is 40.7 Å². The van der Waals surface area contributed by atoms with Crippen LogP contribution in [0.1, 0.15) is 13.3 Å². The third-order valence-electron chi connectivity index (χ3n) is 1.96. The quantitative estimate of drug-likeness (QED) is 0.887. The van der Waals surface area contributed by atoms with Crippen molar-refractivity contribution < 1.29 is 9.59 Å². The largest absolute Gasteiger partial charge is 0.337 e. The lowest BCUT2D eigenvalue weighted by molar-refractivity contribution is -0.116. The van der Waals surface area contributed by atoms with Crippen LogP contribution >= 0.6 is 23.2 Å². The van der Waals surface area contributed by atoms with Gasteiger partial charge in [-0.05, 0) is 19.1 Å².